The fourth-order valence-electron chi connectivity index (χ4n) is 3.14. The van der Waals surface area contributed by atoms with Gasteiger partial charge < -0.3 is 40.8 Å². The average Bonchev–Trinajstić information content (AvgIpc) is 3.08. The second kappa shape index (κ2) is 6.78. The van der Waals surface area contributed by atoms with Crippen molar-refractivity contribution in [3.8, 4) is 0 Å². The summed E-state index contributed by atoms with van der Waals surface area (Å²) >= 11 is 0. The number of carbonyl (C=O) groups is 1. The average molecular weight is 379 g/mol. The van der Waals surface area contributed by atoms with E-state index in [1.807, 2.05) is 0 Å². The highest BCUT2D eigenvalue weighted by Crippen LogP contribution is 2.41. The van der Waals surface area contributed by atoms with Gasteiger partial charge in [0.25, 0.3) is 0 Å². The molecule has 7 N–H and O–H groups in total. The van der Waals surface area contributed by atoms with Crippen molar-refractivity contribution in [1.29, 1.82) is 0 Å². The van der Waals surface area contributed by atoms with E-state index in [-0.39, 0.29) is 17.4 Å². The molecule has 0 saturated carbocycles. The van der Waals surface area contributed by atoms with Gasteiger partial charge >= 0.3 is 5.97 Å². The number of ether oxygens (including phenoxy) is 2. The largest absolute Gasteiger partial charge is 0.466 e. The van der Waals surface area contributed by atoms with E-state index < -0.39 is 36.6 Å². The Kier molecular flexibility index (Phi) is 4.78. The minimum absolute atomic E-state index is 0.0673. The van der Waals surface area contributed by atoms with Crippen LogP contribution in [0.5, 0.6) is 0 Å². The van der Waals surface area contributed by atoms with Gasteiger partial charge in [0.05, 0.1) is 19.1 Å². The molecule has 3 heterocycles. The third-order valence-electron chi connectivity index (χ3n) is 4.53. The molecule has 2 aromatic rings. The highest BCUT2D eigenvalue weighted by Gasteiger charge is 2.53. The first-order valence-corrected chi connectivity index (χ1v) is 8.07. The Morgan fingerprint density at radius 3 is 2.78 bits per heavy atom. The van der Waals surface area contributed by atoms with Gasteiger partial charge in [0, 0.05) is 17.8 Å². The molecule has 0 spiro atoms. The summed E-state index contributed by atoms with van der Waals surface area (Å²) in [6.45, 7) is 0.892. The quantitative estimate of drug-likeness (QED) is 0.319. The number of nitrogen functional groups attached to an aromatic ring is 2. The molecule has 1 unspecified atom stereocenters. The third-order valence-corrected chi connectivity index (χ3v) is 4.53. The van der Waals surface area contributed by atoms with Gasteiger partial charge in [-0.25, -0.2) is 4.79 Å². The van der Waals surface area contributed by atoms with Crippen LogP contribution in [0.1, 0.15) is 18.7 Å². The summed E-state index contributed by atoms with van der Waals surface area (Å²) in [4.78, 5) is 19.5. The number of aliphatic hydroxyl groups is 3. The predicted octanol–water partition coefficient (Wildman–Crippen LogP) is -1.22. The second-order valence-corrected chi connectivity index (χ2v) is 6.39. The number of rotatable bonds is 4. The Morgan fingerprint density at radius 2 is 2.19 bits per heavy atom. The van der Waals surface area contributed by atoms with Crippen molar-refractivity contribution in [3.63, 3.8) is 0 Å². The molecule has 0 aliphatic carbocycles. The van der Waals surface area contributed by atoms with E-state index >= 15 is 0 Å². The van der Waals surface area contributed by atoms with Crippen LogP contribution in [-0.2, 0) is 14.3 Å². The molecule has 2 aromatic heterocycles. The lowest BCUT2D eigenvalue weighted by atomic mass is 9.96. The molecule has 0 amide bonds. The molecule has 11 nitrogen and oxygen atoms in total. The number of fused-ring (bicyclic) bond motifs is 1. The van der Waals surface area contributed by atoms with Gasteiger partial charge in [0.2, 0.25) is 5.95 Å². The molecule has 0 radical (unpaired) electrons. The van der Waals surface area contributed by atoms with Crippen LogP contribution in [-0.4, -0.2) is 67.3 Å². The third kappa shape index (κ3) is 3.10. The zero-order valence-corrected chi connectivity index (χ0v) is 14.7. The Hall–Kier alpha value is -2.73. The Balaban J connectivity index is 2.19. The number of methoxy groups -OCH3 is 1. The number of hydrogen-bond donors (Lipinski definition) is 5. The van der Waals surface area contributed by atoms with E-state index in [1.54, 1.807) is 0 Å². The van der Waals surface area contributed by atoms with Gasteiger partial charge in [-0.3, -0.25) is 0 Å². The number of nitrogens with two attached hydrogens (primary N) is 2. The molecular formula is C16H21N5O6. The SMILES string of the molecule is COC(=O)C=Cc1cn(C2O[C@H](CO)[C@@H](O)[C@@]2(C)O)c2nc(N)nc(N)c12. The van der Waals surface area contributed by atoms with E-state index in [1.165, 1.54) is 36.9 Å². The molecule has 4 atom stereocenters. The lowest BCUT2D eigenvalue weighted by molar-refractivity contribution is -0.134. The van der Waals surface area contributed by atoms with Crippen LogP contribution in [0.4, 0.5) is 11.8 Å². The van der Waals surface area contributed by atoms with E-state index in [0.717, 1.165) is 0 Å². The van der Waals surface area contributed by atoms with Crippen LogP contribution < -0.4 is 11.5 Å². The van der Waals surface area contributed by atoms with Crippen molar-refractivity contribution in [2.75, 3.05) is 25.2 Å². The molecule has 1 fully saturated rings. The zero-order valence-electron chi connectivity index (χ0n) is 14.7. The maximum absolute atomic E-state index is 11.4. The molecule has 11 heteroatoms. The Labute approximate surface area is 153 Å². The van der Waals surface area contributed by atoms with Crippen LogP contribution in [0.25, 0.3) is 17.1 Å². The molecule has 0 aromatic carbocycles. The standard InChI is InChI=1S/C16H21N5O6/c1-16(25)11(24)8(6-22)27-14(16)21-5-7(3-4-9(23)26-2)10-12(17)19-15(18)20-13(10)21/h3-5,8,11,14,22,24-25H,6H2,1-2H3,(H4,17,18,19,20)/t8-,11-,14?,16-/m1/s1. The van der Waals surface area contributed by atoms with Crippen molar-refractivity contribution in [2.24, 2.45) is 0 Å². The Morgan fingerprint density at radius 1 is 1.48 bits per heavy atom. The summed E-state index contributed by atoms with van der Waals surface area (Å²) in [6.07, 6.45) is 0.739. The smallest absolute Gasteiger partial charge is 0.330 e. The predicted molar refractivity (Wildman–Crippen MR) is 95.0 cm³/mol. The molecule has 27 heavy (non-hydrogen) atoms. The zero-order chi connectivity index (χ0) is 19.9. The summed E-state index contributed by atoms with van der Waals surface area (Å²) in [5.41, 5.74) is 10.6. The fourth-order valence-corrected chi connectivity index (χ4v) is 3.14. The van der Waals surface area contributed by atoms with Gasteiger partial charge in [-0.1, -0.05) is 0 Å². The van der Waals surface area contributed by atoms with Crippen molar-refractivity contribution >= 4 is 34.8 Å². The minimum Gasteiger partial charge on any atom is -0.466 e. The van der Waals surface area contributed by atoms with Crippen LogP contribution in [0.3, 0.4) is 0 Å². The van der Waals surface area contributed by atoms with Gasteiger partial charge in [0.1, 0.15) is 23.6 Å². The number of anilines is 2. The van der Waals surface area contributed by atoms with Crippen LogP contribution >= 0.6 is 0 Å². The molecule has 1 aliphatic rings. The molecule has 0 bridgehead atoms. The number of carbonyl (C=O) groups excluding carboxylic acids is 1. The normalized spacial score (nSPS) is 28.3. The molecule has 3 rings (SSSR count). The second-order valence-electron chi connectivity index (χ2n) is 6.39. The molecular weight excluding hydrogens is 358 g/mol. The topological polar surface area (TPSA) is 179 Å². The van der Waals surface area contributed by atoms with E-state index in [2.05, 4.69) is 14.7 Å². The summed E-state index contributed by atoms with van der Waals surface area (Å²) < 4.78 is 11.6. The van der Waals surface area contributed by atoms with Crippen molar-refractivity contribution in [3.05, 3.63) is 17.8 Å². The van der Waals surface area contributed by atoms with Crippen LogP contribution in [0, 0.1) is 0 Å². The van der Waals surface area contributed by atoms with Crippen molar-refractivity contribution < 1.29 is 29.6 Å². The molecule has 1 aliphatic heterocycles. The summed E-state index contributed by atoms with van der Waals surface area (Å²) in [5.74, 6) is -0.608. The number of nitrogens with zero attached hydrogens (tertiary/aromatic N) is 3. The number of aromatic nitrogens is 3. The van der Waals surface area contributed by atoms with Gasteiger partial charge in [-0.05, 0) is 13.0 Å². The van der Waals surface area contributed by atoms with E-state index in [9.17, 15) is 20.1 Å². The van der Waals surface area contributed by atoms with Gasteiger partial charge in [0.15, 0.2) is 11.9 Å². The first kappa shape index (κ1) is 19.0. The first-order valence-electron chi connectivity index (χ1n) is 8.07. The van der Waals surface area contributed by atoms with E-state index in [4.69, 9.17) is 16.2 Å². The summed E-state index contributed by atoms with van der Waals surface area (Å²) in [6, 6.07) is 0. The van der Waals surface area contributed by atoms with Gasteiger partial charge in [-0.2, -0.15) is 9.97 Å². The first-order chi connectivity index (χ1) is 12.7. The minimum atomic E-state index is -1.74. The van der Waals surface area contributed by atoms with Crippen molar-refractivity contribution in [1.82, 2.24) is 14.5 Å². The number of aliphatic hydroxyl groups excluding tert-OH is 2. The van der Waals surface area contributed by atoms with Crippen LogP contribution in [0.15, 0.2) is 12.3 Å². The number of esters is 1. The highest BCUT2D eigenvalue weighted by atomic mass is 16.6. The summed E-state index contributed by atoms with van der Waals surface area (Å²) in [7, 11) is 1.24. The molecule has 1 saturated heterocycles. The van der Waals surface area contributed by atoms with Gasteiger partial charge in [-0.15, -0.1) is 0 Å². The number of hydrogen-bond acceptors (Lipinski definition) is 10. The fraction of sp³-hybridized carbons (Fsp3) is 0.438. The van der Waals surface area contributed by atoms with E-state index in [0.29, 0.717) is 10.9 Å². The summed E-state index contributed by atoms with van der Waals surface area (Å²) in [5, 5.41) is 30.7. The van der Waals surface area contributed by atoms with Crippen LogP contribution in [0.2, 0.25) is 0 Å². The maximum atomic E-state index is 11.4. The lowest BCUT2D eigenvalue weighted by Crippen LogP contribution is -2.44. The van der Waals surface area contributed by atoms with Crippen molar-refractivity contribution in [2.45, 2.75) is 31.0 Å². The highest BCUT2D eigenvalue weighted by molar-refractivity contribution is 5.98. The lowest BCUT2D eigenvalue weighted by Gasteiger charge is -2.27. The monoisotopic (exact) mass is 379 g/mol. The molecule has 146 valence electrons. The maximum Gasteiger partial charge on any atom is 0.330 e. The Bertz CT molecular complexity index is 908.